The second-order valence-electron chi connectivity index (χ2n) is 7.48. The summed E-state index contributed by atoms with van der Waals surface area (Å²) in [6, 6.07) is 6.63. The van der Waals surface area contributed by atoms with Crippen LogP contribution in [0, 0.1) is 6.92 Å². The van der Waals surface area contributed by atoms with E-state index in [0.29, 0.717) is 29.7 Å². The summed E-state index contributed by atoms with van der Waals surface area (Å²) in [6.07, 6.45) is -0.578. The number of piperidine rings is 1. The van der Waals surface area contributed by atoms with Crippen molar-refractivity contribution in [2.24, 2.45) is 0 Å². The van der Waals surface area contributed by atoms with Gasteiger partial charge < -0.3 is 15.6 Å². The highest BCUT2D eigenvalue weighted by atomic mass is 32.2. The first-order valence-corrected chi connectivity index (χ1v) is 11.0. The number of nitrogens with zero attached hydrogens (tertiary/aromatic N) is 1. The molecule has 1 aliphatic heterocycles. The van der Waals surface area contributed by atoms with Crippen molar-refractivity contribution < 1.29 is 21.6 Å². The Balaban J connectivity index is 1.83. The number of H-pyrrole nitrogens is 1. The van der Waals surface area contributed by atoms with Gasteiger partial charge in [-0.05, 0) is 56.1 Å². The number of pyridine rings is 1. The molecule has 6 nitrogen and oxygen atoms in total. The lowest BCUT2D eigenvalue weighted by Crippen LogP contribution is -2.56. The Bertz CT molecular complexity index is 1180. The Morgan fingerprint density at radius 1 is 1.20 bits per heavy atom. The summed E-state index contributed by atoms with van der Waals surface area (Å²) in [5.74, 6) is 0. The Kier molecular flexibility index (Phi) is 5.01. The number of aryl methyl sites for hydroxylation is 1. The van der Waals surface area contributed by atoms with Crippen molar-refractivity contribution in [3.63, 3.8) is 0 Å². The summed E-state index contributed by atoms with van der Waals surface area (Å²) in [5.41, 5.74) is 0.176. The number of halogens is 3. The van der Waals surface area contributed by atoms with E-state index in [1.54, 1.807) is 24.5 Å². The number of hydrogen-bond acceptors (Lipinski definition) is 5. The zero-order valence-electron chi connectivity index (χ0n) is 16.2. The van der Waals surface area contributed by atoms with Crippen LogP contribution in [0.4, 0.5) is 18.9 Å². The van der Waals surface area contributed by atoms with Crippen molar-refractivity contribution >= 4 is 26.6 Å². The van der Waals surface area contributed by atoms with E-state index in [1.807, 2.05) is 0 Å². The normalized spacial score (nSPS) is 20.4. The van der Waals surface area contributed by atoms with Crippen molar-refractivity contribution in [1.82, 2.24) is 15.3 Å². The molecular formula is C20H21F3N4O2S. The minimum absolute atomic E-state index is 0.0200. The predicted octanol–water partition coefficient (Wildman–Crippen LogP) is 3.86. The monoisotopic (exact) mass is 438 g/mol. The van der Waals surface area contributed by atoms with Crippen LogP contribution < -0.4 is 10.6 Å². The number of benzene rings is 1. The topological polar surface area (TPSA) is 86.9 Å². The molecule has 3 heterocycles. The van der Waals surface area contributed by atoms with E-state index in [-0.39, 0.29) is 23.4 Å². The molecule has 1 saturated heterocycles. The lowest BCUT2D eigenvalue weighted by molar-refractivity contribution is -0.138. The third-order valence-electron chi connectivity index (χ3n) is 5.51. The molecule has 0 amide bonds. The van der Waals surface area contributed by atoms with Crippen molar-refractivity contribution in [3.8, 4) is 0 Å². The summed E-state index contributed by atoms with van der Waals surface area (Å²) < 4.78 is 67.6. The molecule has 1 aromatic carbocycles. The van der Waals surface area contributed by atoms with Crippen LogP contribution in [-0.2, 0) is 16.0 Å². The molecule has 4 rings (SSSR count). The Morgan fingerprint density at radius 2 is 2.00 bits per heavy atom. The van der Waals surface area contributed by atoms with Gasteiger partial charge in [0.05, 0.1) is 10.5 Å². The smallest absolute Gasteiger partial charge is 0.365 e. The lowest BCUT2D eigenvalue weighted by Gasteiger charge is -2.38. The number of fused-ring (bicyclic) bond motifs is 1. The number of alkyl halides is 3. The number of anilines is 1. The average molecular weight is 438 g/mol. The van der Waals surface area contributed by atoms with E-state index in [0.717, 1.165) is 6.07 Å². The number of hydrogen-bond donors (Lipinski definition) is 3. The molecule has 0 aliphatic carbocycles. The van der Waals surface area contributed by atoms with Crippen molar-refractivity contribution in [2.45, 2.75) is 35.7 Å². The standard InChI is InChI=1S/C20H21F3N4O2S/c1-13-3-4-14(11-16(13)20(21,22)23)30(28,29)19(7-2-8-24-12-19)27-17-6-10-26-18-15(17)5-9-25-18/h3-6,9-11,24H,2,7-8,12H2,1H3,(H2,25,26,27)/t19-/m1/s1. The molecule has 0 bridgehead atoms. The molecule has 30 heavy (non-hydrogen) atoms. The maximum Gasteiger partial charge on any atom is 0.416 e. The molecule has 0 unspecified atom stereocenters. The van der Waals surface area contributed by atoms with E-state index in [1.165, 1.54) is 19.1 Å². The van der Waals surface area contributed by atoms with Gasteiger partial charge >= 0.3 is 6.18 Å². The van der Waals surface area contributed by atoms with E-state index in [4.69, 9.17) is 0 Å². The second kappa shape index (κ2) is 7.28. The van der Waals surface area contributed by atoms with Crippen LogP contribution in [0.1, 0.15) is 24.0 Å². The number of rotatable bonds is 4. The molecule has 3 aromatic rings. The van der Waals surface area contributed by atoms with E-state index >= 15 is 0 Å². The van der Waals surface area contributed by atoms with Gasteiger partial charge in [-0.3, -0.25) is 0 Å². The van der Waals surface area contributed by atoms with Gasteiger partial charge in [-0.15, -0.1) is 0 Å². The maximum atomic E-state index is 13.7. The highest BCUT2D eigenvalue weighted by Crippen LogP contribution is 2.38. The lowest BCUT2D eigenvalue weighted by atomic mass is 10.1. The predicted molar refractivity (Wildman–Crippen MR) is 108 cm³/mol. The van der Waals surface area contributed by atoms with Crippen LogP contribution in [0.5, 0.6) is 0 Å². The third-order valence-corrected chi connectivity index (χ3v) is 7.86. The molecule has 1 atom stereocenters. The highest BCUT2D eigenvalue weighted by molar-refractivity contribution is 7.93. The molecule has 160 valence electrons. The number of nitrogens with one attached hydrogen (secondary N) is 3. The van der Waals surface area contributed by atoms with E-state index in [9.17, 15) is 21.6 Å². The maximum absolute atomic E-state index is 13.7. The average Bonchev–Trinajstić information content (AvgIpc) is 3.18. The largest absolute Gasteiger partial charge is 0.416 e. The molecule has 0 spiro atoms. The van der Waals surface area contributed by atoms with Crippen LogP contribution in [0.15, 0.2) is 47.6 Å². The van der Waals surface area contributed by atoms with Gasteiger partial charge in [-0.25, -0.2) is 13.4 Å². The molecule has 2 aromatic heterocycles. The molecular weight excluding hydrogens is 417 g/mol. The number of sulfone groups is 1. The van der Waals surface area contributed by atoms with Gasteiger partial charge in [-0.1, -0.05) is 6.07 Å². The van der Waals surface area contributed by atoms with Crippen molar-refractivity contribution in [1.29, 1.82) is 0 Å². The van der Waals surface area contributed by atoms with Gasteiger partial charge in [0.15, 0.2) is 4.87 Å². The first kappa shape index (κ1) is 20.7. The van der Waals surface area contributed by atoms with Gasteiger partial charge in [0.1, 0.15) is 5.65 Å². The summed E-state index contributed by atoms with van der Waals surface area (Å²) in [5, 5.41) is 6.93. The Labute approximate surface area is 171 Å². The van der Waals surface area contributed by atoms with Gasteiger partial charge in [-0.2, -0.15) is 13.2 Å². The minimum Gasteiger partial charge on any atom is -0.365 e. The summed E-state index contributed by atoms with van der Waals surface area (Å²) in [7, 11) is -4.18. The third kappa shape index (κ3) is 3.43. The van der Waals surface area contributed by atoms with Crippen LogP contribution in [0.25, 0.3) is 11.0 Å². The summed E-state index contributed by atoms with van der Waals surface area (Å²) >= 11 is 0. The zero-order chi connectivity index (χ0) is 21.6. The molecule has 3 N–H and O–H groups in total. The summed E-state index contributed by atoms with van der Waals surface area (Å²) in [4.78, 5) is 5.33. The Hall–Kier alpha value is -2.59. The number of aromatic nitrogens is 2. The van der Waals surface area contributed by atoms with Crippen LogP contribution >= 0.6 is 0 Å². The SMILES string of the molecule is Cc1ccc(S(=O)(=O)[C@]2(Nc3ccnc4[nH]ccc34)CCCNC2)cc1C(F)(F)F. The van der Waals surface area contributed by atoms with E-state index in [2.05, 4.69) is 20.6 Å². The number of aromatic amines is 1. The summed E-state index contributed by atoms with van der Waals surface area (Å²) in [6.45, 7) is 2.02. The van der Waals surface area contributed by atoms with E-state index < -0.39 is 26.4 Å². The first-order chi connectivity index (χ1) is 14.1. The zero-order valence-corrected chi connectivity index (χ0v) is 17.0. The first-order valence-electron chi connectivity index (χ1n) is 9.48. The van der Waals surface area contributed by atoms with Crippen LogP contribution in [0.3, 0.4) is 0 Å². The fourth-order valence-corrected chi connectivity index (χ4v) is 5.82. The molecule has 0 radical (unpaired) electrons. The minimum atomic E-state index is -4.64. The molecule has 0 saturated carbocycles. The highest BCUT2D eigenvalue weighted by Gasteiger charge is 2.47. The van der Waals surface area contributed by atoms with Crippen LogP contribution in [-0.4, -0.2) is 36.3 Å². The van der Waals surface area contributed by atoms with Gasteiger partial charge in [0, 0.05) is 30.0 Å². The Morgan fingerprint density at radius 3 is 2.70 bits per heavy atom. The van der Waals surface area contributed by atoms with Crippen molar-refractivity contribution in [3.05, 3.63) is 53.9 Å². The fourth-order valence-electron chi connectivity index (χ4n) is 3.90. The van der Waals surface area contributed by atoms with Gasteiger partial charge in [0.25, 0.3) is 0 Å². The fraction of sp³-hybridized carbons (Fsp3) is 0.350. The van der Waals surface area contributed by atoms with Gasteiger partial charge in [0.2, 0.25) is 9.84 Å². The molecule has 1 fully saturated rings. The molecule has 10 heteroatoms. The molecule has 1 aliphatic rings. The second-order valence-corrected chi connectivity index (χ2v) is 9.74. The quantitative estimate of drug-likeness (QED) is 0.576. The van der Waals surface area contributed by atoms with Crippen molar-refractivity contribution in [2.75, 3.05) is 18.4 Å². The van der Waals surface area contributed by atoms with Crippen LogP contribution in [0.2, 0.25) is 0 Å².